The second-order valence-corrected chi connectivity index (χ2v) is 12.5. The fourth-order valence-electron chi connectivity index (χ4n) is 9.13. The molecule has 3 heteroatoms. The molecule has 170 valence electrons. The van der Waals surface area contributed by atoms with Gasteiger partial charge in [0.05, 0.1) is 11.7 Å². The summed E-state index contributed by atoms with van der Waals surface area (Å²) in [6.07, 6.45) is 12.9. The van der Waals surface area contributed by atoms with Gasteiger partial charge in [0.25, 0.3) is 0 Å². The topological polar surface area (TPSA) is 38.3 Å². The maximum absolute atomic E-state index is 12.1. The van der Waals surface area contributed by atoms with Gasteiger partial charge in [0.2, 0.25) is 0 Å². The number of carbonyl (C=O) groups is 1. The molecule has 31 heavy (non-hydrogen) atoms. The first kappa shape index (κ1) is 20.7. The van der Waals surface area contributed by atoms with E-state index in [1.807, 2.05) is 6.08 Å². The highest BCUT2D eigenvalue weighted by Gasteiger charge is 2.58. The summed E-state index contributed by atoms with van der Waals surface area (Å²) >= 11 is 0. The minimum Gasteiger partial charge on any atom is -0.369 e. The Morgan fingerprint density at radius 1 is 1.16 bits per heavy atom. The van der Waals surface area contributed by atoms with E-state index in [2.05, 4.69) is 33.0 Å². The summed E-state index contributed by atoms with van der Waals surface area (Å²) in [5.41, 5.74) is 5.23. The molecule has 6 rings (SSSR count). The van der Waals surface area contributed by atoms with Gasteiger partial charge < -0.3 is 10.1 Å². The van der Waals surface area contributed by atoms with Crippen LogP contribution in [0.4, 0.5) is 0 Å². The van der Waals surface area contributed by atoms with Crippen molar-refractivity contribution in [3.05, 3.63) is 22.8 Å². The van der Waals surface area contributed by atoms with E-state index in [-0.39, 0.29) is 11.0 Å². The van der Waals surface area contributed by atoms with Gasteiger partial charge in [0.15, 0.2) is 5.78 Å². The van der Waals surface area contributed by atoms with E-state index in [1.165, 1.54) is 37.7 Å². The molecule has 9 atom stereocenters. The zero-order valence-corrected chi connectivity index (χ0v) is 20.0. The van der Waals surface area contributed by atoms with Gasteiger partial charge in [-0.1, -0.05) is 37.5 Å². The number of allylic oxidation sites excluding steroid dienone is 3. The summed E-state index contributed by atoms with van der Waals surface area (Å²) in [5.74, 6) is 4.00. The summed E-state index contributed by atoms with van der Waals surface area (Å²) in [7, 11) is 0. The molecular weight excluding hydrogens is 382 g/mol. The first-order chi connectivity index (χ1) is 14.8. The molecule has 1 spiro atoms. The normalized spacial score (nSPS) is 51.7. The highest BCUT2D eigenvalue weighted by molar-refractivity contribution is 5.91. The maximum Gasteiger partial charge on any atom is 0.155 e. The molecule has 2 aliphatic heterocycles. The summed E-state index contributed by atoms with van der Waals surface area (Å²) < 4.78 is 7.00. The Kier molecular flexibility index (Phi) is 4.69. The van der Waals surface area contributed by atoms with Crippen molar-refractivity contribution in [3.8, 4) is 0 Å². The van der Waals surface area contributed by atoms with Gasteiger partial charge in [-0.25, -0.2) is 0 Å². The highest BCUT2D eigenvalue weighted by Crippen LogP contribution is 2.64. The summed E-state index contributed by atoms with van der Waals surface area (Å²) in [5, 5.41) is 3.85. The highest BCUT2D eigenvalue weighted by atomic mass is 16.5. The van der Waals surface area contributed by atoms with Crippen molar-refractivity contribution >= 4 is 5.78 Å². The van der Waals surface area contributed by atoms with E-state index in [1.54, 1.807) is 11.1 Å². The van der Waals surface area contributed by atoms with Crippen LogP contribution in [0.25, 0.3) is 0 Å². The molecular formula is C28H41NO2. The Labute approximate surface area is 188 Å². The fourth-order valence-corrected chi connectivity index (χ4v) is 9.13. The lowest BCUT2D eigenvalue weighted by Gasteiger charge is -2.48. The number of rotatable bonds is 0. The minimum absolute atomic E-state index is 0.0458. The van der Waals surface area contributed by atoms with Crippen LogP contribution in [0, 0.1) is 35.0 Å². The molecule has 4 fully saturated rings. The van der Waals surface area contributed by atoms with Crippen molar-refractivity contribution in [3.63, 3.8) is 0 Å². The SMILES string of the molecule is CC1=C2C[C@H]3[C@@H](CCC4=CC(=O)CC[C@@]43C)[C@@H]2CC[C@@]2(C1)O[C@@H]1C[C@H](C)CNC1[C@H]2C. The van der Waals surface area contributed by atoms with E-state index in [0.717, 1.165) is 55.9 Å². The van der Waals surface area contributed by atoms with Gasteiger partial charge >= 0.3 is 0 Å². The van der Waals surface area contributed by atoms with Crippen molar-refractivity contribution in [1.29, 1.82) is 0 Å². The summed E-state index contributed by atoms with van der Waals surface area (Å²) in [4.78, 5) is 12.1. The van der Waals surface area contributed by atoms with Gasteiger partial charge in [0.1, 0.15) is 0 Å². The standard InChI is InChI=1S/C28H41NO2/c1-16-11-25-26(29-15-16)18(3)28(31-25)10-8-21-22-6-5-19-12-20(30)7-9-27(19,4)24(22)13-23(21)17(2)14-28/h12,16,18,21-22,24-26,29H,5-11,13-15H2,1-4H3/t16-,18+,21-,22-,24-,25+,26?,27-,28-/m0/s1. The number of hydrogen-bond acceptors (Lipinski definition) is 3. The smallest absolute Gasteiger partial charge is 0.155 e. The van der Waals surface area contributed by atoms with Gasteiger partial charge in [-0.05, 0) is 100.0 Å². The molecule has 0 radical (unpaired) electrons. The van der Waals surface area contributed by atoms with Gasteiger partial charge in [-0.3, -0.25) is 4.79 Å². The molecule has 4 aliphatic carbocycles. The number of nitrogens with one attached hydrogen (secondary N) is 1. The predicted molar refractivity (Wildman–Crippen MR) is 124 cm³/mol. The van der Waals surface area contributed by atoms with E-state index in [9.17, 15) is 4.79 Å². The molecule has 6 aliphatic rings. The number of piperidine rings is 1. The molecule has 0 aromatic heterocycles. The first-order valence-corrected chi connectivity index (χ1v) is 13.1. The number of fused-ring (bicyclic) bond motifs is 6. The third-order valence-corrected chi connectivity index (χ3v) is 10.9. The van der Waals surface area contributed by atoms with E-state index in [0.29, 0.717) is 23.8 Å². The molecule has 0 bridgehead atoms. The van der Waals surface area contributed by atoms with Crippen LogP contribution < -0.4 is 5.32 Å². The van der Waals surface area contributed by atoms with Gasteiger partial charge in [-0.2, -0.15) is 0 Å². The number of ketones is 1. The molecule has 3 nitrogen and oxygen atoms in total. The monoisotopic (exact) mass is 423 g/mol. The van der Waals surface area contributed by atoms with Crippen molar-refractivity contribution in [2.24, 2.45) is 35.0 Å². The second kappa shape index (κ2) is 7.03. The zero-order valence-electron chi connectivity index (χ0n) is 20.0. The molecule has 0 aromatic carbocycles. The lowest BCUT2D eigenvalue weighted by Crippen LogP contribution is -2.48. The molecule has 0 aromatic rings. The van der Waals surface area contributed by atoms with Crippen LogP contribution in [-0.2, 0) is 9.53 Å². The second-order valence-electron chi connectivity index (χ2n) is 12.5. The number of ether oxygens (including phenoxy) is 1. The lowest BCUT2D eigenvalue weighted by atomic mass is 9.56. The van der Waals surface area contributed by atoms with Gasteiger partial charge in [0, 0.05) is 18.4 Å². The lowest BCUT2D eigenvalue weighted by molar-refractivity contribution is -0.116. The maximum atomic E-state index is 12.1. The molecule has 0 amide bonds. The van der Waals surface area contributed by atoms with E-state index in [4.69, 9.17) is 4.74 Å². The minimum atomic E-state index is 0.0458. The third kappa shape index (κ3) is 2.94. The van der Waals surface area contributed by atoms with Crippen molar-refractivity contribution in [2.75, 3.05) is 6.54 Å². The Morgan fingerprint density at radius 2 is 2.00 bits per heavy atom. The Balaban J connectivity index is 1.30. The van der Waals surface area contributed by atoms with Crippen LogP contribution in [0.2, 0.25) is 0 Å². The van der Waals surface area contributed by atoms with Gasteiger partial charge in [-0.15, -0.1) is 0 Å². The van der Waals surface area contributed by atoms with Crippen LogP contribution >= 0.6 is 0 Å². The zero-order chi connectivity index (χ0) is 21.5. The van der Waals surface area contributed by atoms with Crippen LogP contribution in [0.3, 0.4) is 0 Å². The van der Waals surface area contributed by atoms with Crippen molar-refractivity contribution in [2.45, 2.75) is 103 Å². The molecule has 1 unspecified atom stereocenters. The molecule has 2 heterocycles. The quantitative estimate of drug-likeness (QED) is 0.515. The van der Waals surface area contributed by atoms with Crippen LogP contribution in [0.5, 0.6) is 0 Å². The fraction of sp³-hybridized carbons (Fsp3) is 0.821. The molecule has 2 saturated heterocycles. The summed E-state index contributed by atoms with van der Waals surface area (Å²) in [6, 6.07) is 0.542. The largest absolute Gasteiger partial charge is 0.369 e. The average molecular weight is 424 g/mol. The number of hydrogen-bond donors (Lipinski definition) is 1. The average Bonchev–Trinajstić information content (AvgIpc) is 3.19. The Bertz CT molecular complexity index is 857. The van der Waals surface area contributed by atoms with Crippen molar-refractivity contribution < 1.29 is 9.53 Å². The Hall–Kier alpha value is -0.930. The van der Waals surface area contributed by atoms with Crippen LogP contribution in [-0.4, -0.2) is 30.1 Å². The molecule has 2 saturated carbocycles. The third-order valence-electron chi connectivity index (χ3n) is 10.9. The van der Waals surface area contributed by atoms with Crippen LogP contribution in [0.1, 0.15) is 85.5 Å². The van der Waals surface area contributed by atoms with Crippen molar-refractivity contribution in [1.82, 2.24) is 5.32 Å². The van der Waals surface area contributed by atoms with Crippen LogP contribution in [0.15, 0.2) is 22.8 Å². The Morgan fingerprint density at radius 3 is 2.84 bits per heavy atom. The first-order valence-electron chi connectivity index (χ1n) is 13.1. The van der Waals surface area contributed by atoms with E-state index >= 15 is 0 Å². The predicted octanol–water partition coefficient (Wildman–Crippen LogP) is 5.60. The number of carbonyl (C=O) groups excluding carboxylic acids is 1. The molecule has 1 N–H and O–H groups in total. The summed E-state index contributed by atoms with van der Waals surface area (Å²) in [6.45, 7) is 10.9. The van der Waals surface area contributed by atoms with E-state index < -0.39 is 0 Å².